The smallest absolute Gasteiger partial charge is 0.386 e. The Morgan fingerprint density at radius 1 is 1.19 bits per heavy atom. The van der Waals surface area contributed by atoms with Crippen LogP contribution in [0.15, 0.2) is 29.3 Å². The summed E-state index contributed by atoms with van der Waals surface area (Å²) in [5.74, 6) is -2.97. The maximum absolute atomic E-state index is 13.1. The zero-order valence-corrected chi connectivity index (χ0v) is 14.7. The second-order valence-corrected chi connectivity index (χ2v) is 6.34. The predicted molar refractivity (Wildman–Crippen MR) is 87.9 cm³/mol. The van der Waals surface area contributed by atoms with Gasteiger partial charge in [0, 0.05) is 19.1 Å². The lowest BCUT2D eigenvalue weighted by atomic mass is 9.93. The van der Waals surface area contributed by atoms with Gasteiger partial charge in [0.25, 0.3) is 5.91 Å². The van der Waals surface area contributed by atoms with Gasteiger partial charge >= 0.3 is 6.18 Å². The minimum atomic E-state index is -4.56. The summed E-state index contributed by atoms with van der Waals surface area (Å²) < 4.78 is 50.7. The van der Waals surface area contributed by atoms with Gasteiger partial charge in [-0.3, -0.25) is 0 Å². The highest BCUT2D eigenvalue weighted by atomic mass is 19.4. The van der Waals surface area contributed by atoms with Crippen LogP contribution >= 0.6 is 0 Å². The van der Waals surface area contributed by atoms with E-state index in [2.05, 4.69) is 11.1 Å². The first kappa shape index (κ1) is 19.2. The predicted octanol–water partition coefficient (Wildman–Crippen LogP) is 2.92. The highest BCUT2D eigenvalue weighted by molar-refractivity contribution is 6.00. The van der Waals surface area contributed by atoms with Gasteiger partial charge in [-0.25, -0.2) is 4.99 Å². The second-order valence-electron chi connectivity index (χ2n) is 6.34. The number of halogens is 3. The monoisotopic (exact) mass is 378 g/mol. The zero-order valence-electron chi connectivity index (χ0n) is 14.7. The molecule has 0 saturated heterocycles. The van der Waals surface area contributed by atoms with E-state index in [1.54, 1.807) is 13.8 Å². The van der Waals surface area contributed by atoms with Crippen LogP contribution < -0.4 is 5.73 Å². The van der Waals surface area contributed by atoms with Crippen LogP contribution in [0.3, 0.4) is 0 Å². The van der Waals surface area contributed by atoms with Gasteiger partial charge in [-0.15, -0.1) is 0 Å². The fraction of sp³-hybridized carbons (Fsp3) is 0.500. The molecule has 0 radical (unpaired) electrons. The molecule has 1 aliphatic carbocycles. The molecule has 2 aliphatic rings. The Labute approximate surface area is 154 Å². The summed E-state index contributed by atoms with van der Waals surface area (Å²) in [5.41, 5.74) is 2.01. The molecule has 2 N–H and O–H groups in total. The Morgan fingerprint density at radius 3 is 2.30 bits per heavy atom. The van der Waals surface area contributed by atoms with Crippen LogP contribution in [-0.4, -0.2) is 25.0 Å². The lowest BCUT2D eigenvalue weighted by molar-refractivity contribution is -0.255. The van der Waals surface area contributed by atoms with Crippen LogP contribution in [0.5, 0.6) is 0 Å². The standard InChI is InChI=1S/C18H17F3N4O2/c1-3-26-18(27-4-2)16(10-23)13(15(16,9-22)14(24)25-18)11-6-5-7-12(8-11)17(19,20)21/h5-8,13H,3-4H2,1-2H3,(H2,24,25). The molecule has 1 aromatic rings. The third-order valence-corrected chi connectivity index (χ3v) is 5.15. The first-order valence-electron chi connectivity index (χ1n) is 8.34. The minimum absolute atomic E-state index is 0.108. The molecule has 1 aromatic carbocycles. The van der Waals surface area contributed by atoms with Crippen molar-refractivity contribution in [3.63, 3.8) is 0 Å². The number of hydrogen-bond donors (Lipinski definition) is 1. The highest BCUT2D eigenvalue weighted by Crippen LogP contribution is 2.82. The quantitative estimate of drug-likeness (QED) is 0.793. The zero-order chi connectivity index (χ0) is 20.1. The molecule has 3 rings (SSSR count). The Morgan fingerprint density at radius 2 is 1.81 bits per heavy atom. The molecule has 1 aliphatic heterocycles. The molecule has 3 unspecified atom stereocenters. The fourth-order valence-electron chi connectivity index (χ4n) is 4.14. The molecule has 27 heavy (non-hydrogen) atoms. The highest BCUT2D eigenvalue weighted by Gasteiger charge is 2.93. The molecular formula is C18H17F3N4O2. The van der Waals surface area contributed by atoms with E-state index in [4.69, 9.17) is 15.2 Å². The third-order valence-electron chi connectivity index (χ3n) is 5.15. The Hall–Kier alpha value is -2.62. The molecule has 0 spiro atoms. The van der Waals surface area contributed by atoms with Gasteiger partial charge in [0.05, 0.1) is 17.7 Å². The van der Waals surface area contributed by atoms with Crippen molar-refractivity contribution in [3.05, 3.63) is 35.4 Å². The van der Waals surface area contributed by atoms with Gasteiger partial charge < -0.3 is 15.2 Å². The van der Waals surface area contributed by atoms with Crippen molar-refractivity contribution in [2.24, 2.45) is 21.6 Å². The summed E-state index contributed by atoms with van der Waals surface area (Å²) in [6.07, 6.45) is -4.56. The van der Waals surface area contributed by atoms with E-state index in [1.165, 1.54) is 12.1 Å². The number of fused-ring (bicyclic) bond motifs is 1. The number of benzene rings is 1. The summed E-state index contributed by atoms with van der Waals surface area (Å²) in [6.45, 7) is 3.53. The molecule has 1 saturated carbocycles. The number of hydrogen-bond acceptors (Lipinski definition) is 6. The number of amidine groups is 1. The molecular weight excluding hydrogens is 361 g/mol. The normalized spacial score (nSPS) is 30.8. The average molecular weight is 378 g/mol. The van der Waals surface area contributed by atoms with Crippen molar-refractivity contribution in [1.82, 2.24) is 0 Å². The van der Waals surface area contributed by atoms with E-state index >= 15 is 0 Å². The van der Waals surface area contributed by atoms with Crippen LogP contribution in [0, 0.1) is 33.5 Å². The molecule has 1 fully saturated rings. The van der Waals surface area contributed by atoms with Crippen molar-refractivity contribution in [2.75, 3.05) is 13.2 Å². The topological polar surface area (TPSA) is 104 Å². The van der Waals surface area contributed by atoms with Gasteiger partial charge in [-0.2, -0.15) is 23.7 Å². The van der Waals surface area contributed by atoms with Crippen molar-refractivity contribution in [1.29, 1.82) is 10.5 Å². The van der Waals surface area contributed by atoms with E-state index < -0.39 is 34.4 Å². The Balaban J connectivity index is 2.21. The molecule has 1 heterocycles. The first-order chi connectivity index (χ1) is 12.7. The van der Waals surface area contributed by atoms with Gasteiger partial charge in [0.2, 0.25) is 0 Å². The van der Waals surface area contributed by atoms with Crippen molar-refractivity contribution in [3.8, 4) is 12.1 Å². The minimum Gasteiger partial charge on any atom is -0.386 e. The second kappa shape index (κ2) is 5.95. The van der Waals surface area contributed by atoms with E-state index in [1.807, 2.05) is 6.07 Å². The van der Waals surface area contributed by atoms with E-state index in [0.29, 0.717) is 0 Å². The number of alkyl halides is 3. The van der Waals surface area contributed by atoms with E-state index in [9.17, 15) is 23.7 Å². The Kier molecular flexibility index (Phi) is 4.22. The van der Waals surface area contributed by atoms with Crippen LogP contribution in [0.1, 0.15) is 30.9 Å². The molecule has 3 atom stereocenters. The lowest BCUT2D eigenvalue weighted by Gasteiger charge is -2.31. The first-order valence-corrected chi connectivity index (χ1v) is 8.34. The molecule has 142 valence electrons. The molecule has 6 nitrogen and oxygen atoms in total. The number of nitriles is 2. The van der Waals surface area contributed by atoms with Gasteiger partial charge in [-0.1, -0.05) is 18.2 Å². The summed E-state index contributed by atoms with van der Waals surface area (Å²) in [6, 6.07) is 8.60. The van der Waals surface area contributed by atoms with Crippen LogP contribution in [-0.2, 0) is 15.7 Å². The number of rotatable bonds is 5. The van der Waals surface area contributed by atoms with E-state index in [0.717, 1.165) is 12.1 Å². The van der Waals surface area contributed by atoms with Crippen LogP contribution in [0.4, 0.5) is 13.2 Å². The number of nitrogens with two attached hydrogens (primary N) is 1. The number of nitrogens with zero attached hydrogens (tertiary/aromatic N) is 3. The summed E-state index contributed by atoms with van der Waals surface area (Å²) in [5, 5.41) is 19.9. The molecule has 9 heteroatoms. The molecule has 0 amide bonds. The molecule has 0 bridgehead atoms. The lowest BCUT2D eigenvalue weighted by Crippen LogP contribution is -2.43. The average Bonchev–Trinajstić information content (AvgIpc) is 3.20. The van der Waals surface area contributed by atoms with Crippen LogP contribution in [0.2, 0.25) is 0 Å². The van der Waals surface area contributed by atoms with Crippen molar-refractivity contribution >= 4 is 5.84 Å². The maximum Gasteiger partial charge on any atom is 0.416 e. The third kappa shape index (κ3) is 2.16. The van der Waals surface area contributed by atoms with Crippen molar-refractivity contribution < 1.29 is 22.6 Å². The number of ether oxygens (including phenoxy) is 2. The fourth-order valence-corrected chi connectivity index (χ4v) is 4.14. The van der Waals surface area contributed by atoms with Crippen LogP contribution in [0.25, 0.3) is 0 Å². The molecule has 0 aromatic heterocycles. The number of aliphatic imine (C=N–C) groups is 1. The maximum atomic E-state index is 13.1. The summed E-state index contributed by atoms with van der Waals surface area (Å²) in [4.78, 5) is 4.15. The largest absolute Gasteiger partial charge is 0.416 e. The van der Waals surface area contributed by atoms with E-state index in [-0.39, 0.29) is 24.6 Å². The van der Waals surface area contributed by atoms with Gasteiger partial charge in [0.15, 0.2) is 5.41 Å². The SMILES string of the molecule is CCOC1(OCC)N=C(N)C2(C#N)C(c3cccc(C(F)(F)F)c3)C12C#N. The van der Waals surface area contributed by atoms with Crippen molar-refractivity contribution in [2.45, 2.75) is 31.9 Å². The van der Waals surface area contributed by atoms with Gasteiger partial charge in [0.1, 0.15) is 11.3 Å². The summed E-state index contributed by atoms with van der Waals surface area (Å²) >= 11 is 0. The Bertz CT molecular complexity index is 880. The summed E-state index contributed by atoms with van der Waals surface area (Å²) in [7, 11) is 0. The van der Waals surface area contributed by atoms with Gasteiger partial charge in [-0.05, 0) is 25.5 Å².